The second kappa shape index (κ2) is 9.06. The van der Waals surface area contributed by atoms with Gasteiger partial charge < -0.3 is 5.32 Å². The largest absolute Gasteiger partial charge is 0.352 e. The fourth-order valence-electron chi connectivity index (χ4n) is 3.28. The lowest BCUT2D eigenvalue weighted by Crippen LogP contribution is -2.27. The van der Waals surface area contributed by atoms with E-state index in [1.807, 2.05) is 0 Å². The van der Waals surface area contributed by atoms with Gasteiger partial charge in [-0.15, -0.1) is 0 Å². The van der Waals surface area contributed by atoms with Crippen molar-refractivity contribution < 1.29 is 13.2 Å². The summed E-state index contributed by atoms with van der Waals surface area (Å²) in [6.07, 6.45) is 7.95. The lowest BCUT2D eigenvalue weighted by molar-refractivity contribution is 0.0954. The van der Waals surface area contributed by atoms with Crippen LogP contribution in [0.2, 0.25) is 0 Å². The second-order valence-corrected chi connectivity index (χ2v) is 8.92. The molecule has 0 bridgehead atoms. The van der Waals surface area contributed by atoms with Gasteiger partial charge in [0.05, 0.1) is 10.6 Å². The van der Waals surface area contributed by atoms with E-state index in [1.54, 1.807) is 54.6 Å². The average molecular weight is 399 g/mol. The molecule has 1 N–H and O–H groups in total. The van der Waals surface area contributed by atoms with E-state index in [0.29, 0.717) is 17.8 Å². The topological polar surface area (TPSA) is 66.5 Å². The Hall–Kier alpha value is -2.60. The number of benzene rings is 2. The number of amides is 1. The maximum Gasteiger partial charge on any atom is 0.264 e. The highest BCUT2D eigenvalue weighted by Gasteiger charge is 2.21. The van der Waals surface area contributed by atoms with Crippen molar-refractivity contribution >= 4 is 21.6 Å². The van der Waals surface area contributed by atoms with E-state index in [-0.39, 0.29) is 10.8 Å². The van der Waals surface area contributed by atoms with Crippen LogP contribution in [-0.2, 0) is 10.0 Å². The van der Waals surface area contributed by atoms with Crippen LogP contribution in [0, 0.1) is 0 Å². The third-order valence-corrected chi connectivity index (χ3v) is 6.81. The number of nitrogens with zero attached hydrogens (tertiary/aromatic N) is 1. The Morgan fingerprint density at radius 1 is 1.04 bits per heavy atom. The van der Waals surface area contributed by atoms with E-state index >= 15 is 0 Å². The van der Waals surface area contributed by atoms with Crippen molar-refractivity contribution in [2.75, 3.05) is 17.9 Å². The van der Waals surface area contributed by atoms with Crippen molar-refractivity contribution in [2.24, 2.45) is 0 Å². The number of allylic oxidation sites excluding steroid dienone is 1. The first-order chi connectivity index (χ1) is 13.5. The molecule has 0 spiro atoms. The van der Waals surface area contributed by atoms with Crippen molar-refractivity contribution in [3.05, 3.63) is 71.8 Å². The van der Waals surface area contributed by atoms with E-state index in [4.69, 9.17) is 0 Å². The summed E-state index contributed by atoms with van der Waals surface area (Å²) in [6.45, 7) is 0.620. The molecule has 0 unspecified atom stereocenters. The van der Waals surface area contributed by atoms with Crippen molar-refractivity contribution in [1.82, 2.24) is 5.32 Å². The molecule has 2 aromatic rings. The van der Waals surface area contributed by atoms with E-state index in [1.165, 1.54) is 29.8 Å². The number of carbonyl (C=O) groups is 1. The number of nitrogens with one attached hydrogen (secondary N) is 1. The van der Waals surface area contributed by atoms with Gasteiger partial charge in [-0.3, -0.25) is 9.10 Å². The average Bonchev–Trinajstić information content (AvgIpc) is 2.74. The predicted octanol–water partition coefficient (Wildman–Crippen LogP) is 4.13. The van der Waals surface area contributed by atoms with Crippen molar-refractivity contribution in [3.63, 3.8) is 0 Å². The Morgan fingerprint density at radius 2 is 1.75 bits per heavy atom. The van der Waals surface area contributed by atoms with Gasteiger partial charge in [0.15, 0.2) is 0 Å². The number of hydrogen-bond acceptors (Lipinski definition) is 3. The summed E-state index contributed by atoms with van der Waals surface area (Å²) in [5.74, 6) is -0.142. The molecule has 5 nitrogen and oxygen atoms in total. The monoisotopic (exact) mass is 398 g/mol. The van der Waals surface area contributed by atoms with Crippen LogP contribution in [-0.4, -0.2) is 27.9 Å². The van der Waals surface area contributed by atoms with Gasteiger partial charge in [0.1, 0.15) is 0 Å². The molecule has 3 rings (SSSR count). The Bertz CT molecular complexity index is 936. The number of hydrogen-bond donors (Lipinski definition) is 1. The van der Waals surface area contributed by atoms with Gasteiger partial charge in [-0.25, -0.2) is 8.42 Å². The third kappa shape index (κ3) is 4.81. The number of carbonyl (C=O) groups excluding carboxylic acids is 1. The summed E-state index contributed by atoms with van der Waals surface area (Å²) in [5.41, 5.74) is 2.45. The minimum atomic E-state index is -3.63. The fraction of sp³-hybridized carbons (Fsp3) is 0.318. The summed E-state index contributed by atoms with van der Waals surface area (Å²) >= 11 is 0. The molecule has 0 atom stereocenters. The maximum absolute atomic E-state index is 12.7. The molecule has 0 saturated carbocycles. The molecule has 0 radical (unpaired) electrons. The summed E-state index contributed by atoms with van der Waals surface area (Å²) in [7, 11) is -2.12. The standard InChI is InChI=1S/C22H26N2O3S/c1-24(28(26,27)21-10-6-3-7-11-21)20-14-12-19(13-15-20)22(25)23-17-16-18-8-4-2-5-9-18/h3,6-8,10-15H,2,4-5,9,16-17H2,1H3,(H,23,25). The zero-order valence-electron chi connectivity index (χ0n) is 16.1. The maximum atomic E-state index is 12.7. The fourth-order valence-corrected chi connectivity index (χ4v) is 4.50. The van der Waals surface area contributed by atoms with Crippen LogP contribution in [0.25, 0.3) is 0 Å². The van der Waals surface area contributed by atoms with Crippen LogP contribution in [0.1, 0.15) is 42.5 Å². The molecule has 148 valence electrons. The van der Waals surface area contributed by atoms with Crippen LogP contribution >= 0.6 is 0 Å². The van der Waals surface area contributed by atoms with Gasteiger partial charge in [0, 0.05) is 19.2 Å². The molecular weight excluding hydrogens is 372 g/mol. The molecule has 0 fully saturated rings. The lowest BCUT2D eigenvalue weighted by atomic mass is 9.97. The quantitative estimate of drug-likeness (QED) is 0.713. The number of sulfonamides is 1. The predicted molar refractivity (Wildman–Crippen MR) is 112 cm³/mol. The van der Waals surface area contributed by atoms with Gasteiger partial charge in [-0.05, 0) is 68.5 Å². The van der Waals surface area contributed by atoms with Gasteiger partial charge in [-0.1, -0.05) is 29.8 Å². The zero-order chi connectivity index (χ0) is 20.0. The van der Waals surface area contributed by atoms with E-state index < -0.39 is 10.0 Å². The molecular formula is C22H26N2O3S. The summed E-state index contributed by atoms with van der Waals surface area (Å²) < 4.78 is 26.6. The van der Waals surface area contributed by atoms with E-state index in [9.17, 15) is 13.2 Å². The summed E-state index contributed by atoms with van der Waals surface area (Å²) in [4.78, 5) is 12.6. The highest BCUT2D eigenvalue weighted by atomic mass is 32.2. The summed E-state index contributed by atoms with van der Waals surface area (Å²) in [6, 6.07) is 14.9. The molecule has 6 heteroatoms. The van der Waals surface area contributed by atoms with Gasteiger partial charge in [-0.2, -0.15) is 0 Å². The molecule has 0 aromatic heterocycles. The first-order valence-electron chi connectivity index (χ1n) is 9.58. The Balaban J connectivity index is 1.61. The number of anilines is 1. The van der Waals surface area contributed by atoms with Crippen molar-refractivity contribution in [3.8, 4) is 0 Å². The molecule has 0 aliphatic heterocycles. The smallest absolute Gasteiger partial charge is 0.264 e. The molecule has 28 heavy (non-hydrogen) atoms. The van der Waals surface area contributed by atoms with Crippen LogP contribution in [0.3, 0.4) is 0 Å². The van der Waals surface area contributed by atoms with Crippen LogP contribution in [0.15, 0.2) is 71.1 Å². The normalized spacial score (nSPS) is 14.2. The molecule has 2 aromatic carbocycles. The highest BCUT2D eigenvalue weighted by molar-refractivity contribution is 7.92. The van der Waals surface area contributed by atoms with E-state index in [2.05, 4.69) is 11.4 Å². The zero-order valence-corrected chi connectivity index (χ0v) is 16.9. The van der Waals surface area contributed by atoms with Crippen LogP contribution < -0.4 is 9.62 Å². The lowest BCUT2D eigenvalue weighted by Gasteiger charge is -2.19. The molecule has 0 heterocycles. The number of rotatable bonds is 7. The minimum absolute atomic E-state index is 0.142. The Labute approximate surface area is 167 Å². The SMILES string of the molecule is CN(c1ccc(C(=O)NCCC2=CCCCC2)cc1)S(=O)(=O)c1ccccc1. The first kappa shape index (κ1) is 20.1. The second-order valence-electron chi connectivity index (χ2n) is 6.95. The molecule has 1 amide bonds. The van der Waals surface area contributed by atoms with Gasteiger partial charge in [0.25, 0.3) is 15.9 Å². The third-order valence-electron chi connectivity index (χ3n) is 5.01. The summed E-state index contributed by atoms with van der Waals surface area (Å²) in [5, 5.41) is 2.94. The molecule has 0 saturated heterocycles. The molecule has 1 aliphatic rings. The van der Waals surface area contributed by atoms with Gasteiger partial charge >= 0.3 is 0 Å². The Kier molecular flexibility index (Phi) is 6.52. The van der Waals surface area contributed by atoms with Crippen molar-refractivity contribution in [1.29, 1.82) is 0 Å². The van der Waals surface area contributed by atoms with Crippen LogP contribution in [0.4, 0.5) is 5.69 Å². The van der Waals surface area contributed by atoms with E-state index in [0.717, 1.165) is 19.3 Å². The first-order valence-corrected chi connectivity index (χ1v) is 11.0. The minimum Gasteiger partial charge on any atom is -0.352 e. The van der Waals surface area contributed by atoms with Gasteiger partial charge in [0.2, 0.25) is 0 Å². The molecule has 1 aliphatic carbocycles. The van der Waals surface area contributed by atoms with Crippen molar-refractivity contribution in [2.45, 2.75) is 37.0 Å². The van der Waals surface area contributed by atoms with Crippen LogP contribution in [0.5, 0.6) is 0 Å². The highest BCUT2D eigenvalue weighted by Crippen LogP contribution is 2.22. The Morgan fingerprint density at radius 3 is 2.39 bits per heavy atom.